The maximum absolute atomic E-state index is 9.62. The van der Waals surface area contributed by atoms with Gasteiger partial charge in [0.15, 0.2) is 0 Å². The third kappa shape index (κ3) is 4.47. The van der Waals surface area contributed by atoms with Crippen LogP contribution in [0.1, 0.15) is 0 Å². The summed E-state index contributed by atoms with van der Waals surface area (Å²) in [6, 6.07) is 0. The molecule has 0 aliphatic carbocycles. The Labute approximate surface area is 48.1 Å². The third-order valence-corrected chi connectivity index (χ3v) is 1.05. The summed E-state index contributed by atoms with van der Waals surface area (Å²) in [5, 5.41) is 0. The van der Waals surface area contributed by atoms with Crippen molar-refractivity contribution in [3.05, 3.63) is 0 Å². The van der Waals surface area contributed by atoms with E-state index in [4.69, 9.17) is 0 Å². The molecule has 5 heavy (non-hydrogen) atoms. The number of nitrogens with two attached hydrogens (primary N) is 1. The molecule has 0 atom stereocenters. The van der Waals surface area contributed by atoms with Gasteiger partial charge < -0.3 is 0 Å². The van der Waals surface area contributed by atoms with Gasteiger partial charge in [-0.2, -0.15) is 0 Å². The number of primary amides is 1. The van der Waals surface area contributed by atoms with Crippen molar-refractivity contribution in [2.45, 2.75) is 3.67 Å². The minimum absolute atomic E-state index is 0.184. The Bertz CT molecular complexity index is 44.9. The van der Waals surface area contributed by atoms with E-state index in [1.807, 2.05) is 0 Å². The number of carbonyl (C=O) groups excluding carboxylic acids is 1. The molecule has 0 bridgehead atoms. The molecule has 0 aromatic carbocycles. The van der Waals surface area contributed by atoms with Crippen LogP contribution in [-0.2, 0) is 4.79 Å². The summed E-state index contributed by atoms with van der Waals surface area (Å²) in [5.41, 5.74) is 4.69. The van der Waals surface area contributed by atoms with Gasteiger partial charge in [-0.05, 0) is 0 Å². The molecule has 0 spiro atoms. The normalized spacial score (nSPS) is 7.60. The predicted octanol–water partition coefficient (Wildman–Crippen LogP) is -0.942. The summed E-state index contributed by atoms with van der Waals surface area (Å²) in [4.78, 5) is 9.62. The van der Waals surface area contributed by atoms with Gasteiger partial charge in [0.1, 0.15) is 0 Å². The van der Waals surface area contributed by atoms with Crippen LogP contribution >= 0.6 is 0 Å². The van der Waals surface area contributed by atoms with Crippen LogP contribution in [0.4, 0.5) is 0 Å². The van der Waals surface area contributed by atoms with Gasteiger partial charge in [-0.3, -0.25) is 0 Å². The van der Waals surface area contributed by atoms with E-state index < -0.39 is 0 Å². The fraction of sp³-hybridized carbons (Fsp3) is 0.500. The average Bonchev–Trinajstić information content (AvgIpc) is 1.38. The maximum atomic E-state index is 9.62. The minimum atomic E-state index is -0.184. The van der Waals surface area contributed by atoms with Crippen LogP contribution in [0.2, 0.25) is 3.67 Å². The van der Waals surface area contributed by atoms with Gasteiger partial charge in [0.25, 0.3) is 0 Å². The second-order valence-electron chi connectivity index (χ2n) is 0.820. The molecule has 2 nitrogen and oxygen atoms in total. The zero-order valence-corrected chi connectivity index (χ0v) is 5.19. The van der Waals surface area contributed by atoms with Gasteiger partial charge >= 0.3 is 48.0 Å². The van der Waals surface area contributed by atoms with Crippen LogP contribution in [0.3, 0.4) is 0 Å². The summed E-state index contributed by atoms with van der Waals surface area (Å²) in [6.45, 7) is 0. The van der Waals surface area contributed by atoms with Crippen LogP contribution in [0.25, 0.3) is 0 Å². The van der Waals surface area contributed by atoms with Gasteiger partial charge in [0, 0.05) is 0 Å². The number of hydrogen-bond acceptors (Lipinski definition) is 1. The van der Waals surface area contributed by atoms with Crippen molar-refractivity contribution in [2.24, 2.45) is 5.73 Å². The summed E-state index contributed by atoms with van der Waals surface area (Å²) >= 11 is 0.899. The molecular formula is C2H4NNaO. The van der Waals surface area contributed by atoms with Crippen molar-refractivity contribution >= 4 is 33.8 Å². The molecule has 0 aliphatic heterocycles. The van der Waals surface area contributed by atoms with Gasteiger partial charge in [0.2, 0.25) is 0 Å². The van der Waals surface area contributed by atoms with E-state index in [1.165, 1.54) is 0 Å². The predicted molar refractivity (Wildman–Crippen MR) is 19.8 cm³/mol. The Hall–Kier alpha value is 0.470. The fourth-order valence-corrected chi connectivity index (χ4v) is 0. The number of carbonyl (C=O) groups is 1. The Balaban J connectivity index is 2.85. The fourth-order valence-electron chi connectivity index (χ4n) is 0. The Morgan fingerprint density at radius 2 is 2.20 bits per heavy atom. The molecule has 3 heteroatoms. The Morgan fingerprint density at radius 3 is 2.20 bits per heavy atom. The van der Waals surface area contributed by atoms with Crippen LogP contribution in [0, 0.1) is 0 Å². The van der Waals surface area contributed by atoms with Crippen molar-refractivity contribution in [2.75, 3.05) is 0 Å². The van der Waals surface area contributed by atoms with E-state index >= 15 is 0 Å². The Morgan fingerprint density at radius 1 is 2.00 bits per heavy atom. The van der Waals surface area contributed by atoms with Crippen molar-refractivity contribution < 1.29 is 4.79 Å². The summed E-state index contributed by atoms with van der Waals surface area (Å²) < 4.78 is 0.583. The molecule has 0 aliphatic rings. The van der Waals surface area contributed by atoms with Crippen LogP contribution < -0.4 is 5.73 Å². The zero-order valence-electron chi connectivity index (χ0n) is 3.19. The first kappa shape index (κ1) is 5.47. The van der Waals surface area contributed by atoms with Gasteiger partial charge in [0.05, 0.1) is 0 Å². The Kier molecular flexibility index (Phi) is 2.95. The van der Waals surface area contributed by atoms with E-state index in [2.05, 4.69) is 5.73 Å². The number of hydrogen-bond donors (Lipinski definition) is 1. The zero-order chi connectivity index (χ0) is 4.28. The molecule has 0 saturated carbocycles. The first-order chi connectivity index (χ1) is 2.27. The number of amides is 1. The molecule has 0 radical (unpaired) electrons. The van der Waals surface area contributed by atoms with Gasteiger partial charge in [-0.25, -0.2) is 0 Å². The molecule has 0 heterocycles. The standard InChI is InChI=1S/C2H4NO.Na/c1-2(3)4;/h1H2,(H2,3,4);. The van der Waals surface area contributed by atoms with E-state index in [-0.39, 0.29) is 5.91 Å². The van der Waals surface area contributed by atoms with Gasteiger partial charge in [-0.1, -0.05) is 0 Å². The molecule has 24 valence electrons. The number of rotatable bonds is 1. The molecule has 0 aromatic heterocycles. The monoisotopic (exact) mass is 81.0 g/mol. The van der Waals surface area contributed by atoms with E-state index in [0.717, 1.165) is 27.9 Å². The van der Waals surface area contributed by atoms with E-state index in [0.29, 0.717) is 3.67 Å². The first-order valence-corrected chi connectivity index (χ1v) is 2.97. The SMILES string of the molecule is NC(=O)[CH2][Na]. The molecule has 0 fully saturated rings. The molecule has 0 unspecified atom stereocenters. The molecule has 1 amide bonds. The van der Waals surface area contributed by atoms with Crippen molar-refractivity contribution in [1.82, 2.24) is 0 Å². The molecule has 2 N–H and O–H groups in total. The van der Waals surface area contributed by atoms with Crippen LogP contribution in [0.5, 0.6) is 0 Å². The molecule has 0 rings (SSSR count). The molecular weight excluding hydrogens is 77.0 g/mol. The van der Waals surface area contributed by atoms with Crippen LogP contribution in [0.15, 0.2) is 0 Å². The summed E-state index contributed by atoms with van der Waals surface area (Å²) in [6.07, 6.45) is 0. The van der Waals surface area contributed by atoms with Crippen LogP contribution in [-0.4, -0.2) is 33.8 Å². The second-order valence-corrected chi connectivity index (χ2v) is 1.53. The average molecular weight is 81.0 g/mol. The van der Waals surface area contributed by atoms with E-state index in [9.17, 15) is 4.79 Å². The molecule has 0 aromatic rings. The molecule has 0 saturated heterocycles. The quantitative estimate of drug-likeness (QED) is 0.407. The van der Waals surface area contributed by atoms with Gasteiger partial charge in [-0.15, -0.1) is 0 Å². The summed E-state index contributed by atoms with van der Waals surface area (Å²) in [5.74, 6) is -0.184. The first-order valence-electron chi connectivity index (χ1n) is 1.55. The van der Waals surface area contributed by atoms with Crippen molar-refractivity contribution in [3.8, 4) is 0 Å². The summed E-state index contributed by atoms with van der Waals surface area (Å²) in [7, 11) is 0. The van der Waals surface area contributed by atoms with Crippen molar-refractivity contribution in [1.29, 1.82) is 0 Å². The third-order valence-electron chi connectivity index (χ3n) is 0.348. The van der Waals surface area contributed by atoms with Crippen molar-refractivity contribution in [3.63, 3.8) is 0 Å². The van der Waals surface area contributed by atoms with E-state index in [1.54, 1.807) is 0 Å². The second kappa shape index (κ2) is 2.69. The topological polar surface area (TPSA) is 43.1 Å².